The highest BCUT2D eigenvalue weighted by atomic mass is 16.5. The van der Waals surface area contributed by atoms with Crippen LogP contribution in [0.15, 0.2) is 0 Å². The van der Waals surface area contributed by atoms with E-state index < -0.39 is 35.9 Å². The van der Waals surface area contributed by atoms with E-state index in [1.165, 1.54) is 0 Å². The number of carbonyl (C=O) groups is 2. The van der Waals surface area contributed by atoms with Crippen molar-refractivity contribution in [1.29, 1.82) is 0 Å². The maximum Gasteiger partial charge on any atom is 0.327 e. The molecule has 0 aromatic rings. The van der Waals surface area contributed by atoms with Crippen LogP contribution < -0.4 is 0 Å². The Morgan fingerprint density at radius 3 is 1.81 bits per heavy atom. The van der Waals surface area contributed by atoms with Crippen LogP contribution in [-0.2, 0) is 9.59 Å². The first-order chi connectivity index (χ1) is 7.16. The molecule has 0 saturated heterocycles. The Balaban J connectivity index is 5.42. The minimum Gasteiger partial charge on any atom is -0.481 e. The lowest BCUT2D eigenvalue weighted by Gasteiger charge is -2.40. The van der Waals surface area contributed by atoms with Gasteiger partial charge in [-0.05, 0) is 19.8 Å². The maximum absolute atomic E-state index is 11.3. The van der Waals surface area contributed by atoms with Crippen LogP contribution in [0.3, 0.4) is 0 Å². The van der Waals surface area contributed by atoms with E-state index in [0.717, 1.165) is 0 Å². The predicted molar refractivity (Wildman–Crippen MR) is 56.2 cm³/mol. The summed E-state index contributed by atoms with van der Waals surface area (Å²) in [6, 6.07) is -0.474. The molecule has 1 atom stereocenters. The van der Waals surface area contributed by atoms with E-state index >= 15 is 0 Å². The molecule has 0 heterocycles. The van der Waals surface area contributed by atoms with E-state index in [1.807, 2.05) is 0 Å². The molecule has 0 aliphatic heterocycles. The summed E-state index contributed by atoms with van der Waals surface area (Å²) in [5.74, 6) is -3.12. The largest absolute Gasteiger partial charge is 0.481 e. The summed E-state index contributed by atoms with van der Waals surface area (Å²) in [4.78, 5) is 22.0. The SMILES string of the molecule is CC(C)N(O)[C@@](CC(=O)O)(C(=O)O)C(C)C. The Kier molecular flexibility index (Phi) is 4.89. The number of carboxylic acids is 2. The van der Waals surface area contributed by atoms with Gasteiger partial charge in [0.2, 0.25) is 0 Å². The van der Waals surface area contributed by atoms with Crippen molar-refractivity contribution in [2.45, 2.75) is 45.7 Å². The second-order valence-electron chi connectivity index (χ2n) is 4.39. The summed E-state index contributed by atoms with van der Waals surface area (Å²) >= 11 is 0. The van der Waals surface area contributed by atoms with E-state index in [-0.39, 0.29) is 0 Å². The van der Waals surface area contributed by atoms with Crippen molar-refractivity contribution in [2.24, 2.45) is 5.92 Å². The average Bonchev–Trinajstić information content (AvgIpc) is 2.11. The molecule has 0 amide bonds. The van der Waals surface area contributed by atoms with E-state index in [1.54, 1.807) is 27.7 Å². The standard InChI is InChI=1S/C10H19NO5/c1-6(2)10(9(14)15,5-8(12)13)11(16)7(3)4/h6-7,16H,5H2,1-4H3,(H,12,13)(H,14,15)/t10-/m1/s1. The third kappa shape index (κ3) is 2.70. The Hall–Kier alpha value is -1.14. The molecule has 0 aliphatic carbocycles. The number of carboxylic acid groups (broad SMARTS) is 2. The summed E-state index contributed by atoms with van der Waals surface area (Å²) in [5, 5.41) is 28.4. The highest BCUT2D eigenvalue weighted by Crippen LogP contribution is 2.29. The van der Waals surface area contributed by atoms with Gasteiger partial charge in [0, 0.05) is 6.04 Å². The molecular formula is C10H19NO5. The maximum atomic E-state index is 11.3. The van der Waals surface area contributed by atoms with Gasteiger partial charge in [-0.15, -0.1) is 0 Å². The molecule has 6 nitrogen and oxygen atoms in total. The smallest absolute Gasteiger partial charge is 0.327 e. The van der Waals surface area contributed by atoms with Gasteiger partial charge >= 0.3 is 11.9 Å². The molecule has 0 aromatic heterocycles. The minimum atomic E-state index is -1.79. The third-order valence-electron chi connectivity index (χ3n) is 2.64. The molecule has 0 fully saturated rings. The number of hydrogen-bond acceptors (Lipinski definition) is 4. The molecule has 0 spiro atoms. The summed E-state index contributed by atoms with van der Waals surface area (Å²) in [6.45, 7) is 6.34. The van der Waals surface area contributed by atoms with Gasteiger partial charge in [-0.2, -0.15) is 5.06 Å². The van der Waals surface area contributed by atoms with Crippen molar-refractivity contribution < 1.29 is 25.0 Å². The van der Waals surface area contributed by atoms with Gasteiger partial charge in [-0.3, -0.25) is 9.59 Å². The molecule has 0 bridgehead atoms. The van der Waals surface area contributed by atoms with Crippen LogP contribution in [0.1, 0.15) is 34.1 Å². The van der Waals surface area contributed by atoms with Gasteiger partial charge in [-0.1, -0.05) is 13.8 Å². The fourth-order valence-electron chi connectivity index (χ4n) is 1.66. The number of aliphatic carboxylic acids is 2. The zero-order chi connectivity index (χ0) is 13.1. The summed E-state index contributed by atoms with van der Waals surface area (Å²) in [7, 11) is 0. The molecule has 0 rings (SSSR count). The topological polar surface area (TPSA) is 98.1 Å². The predicted octanol–water partition coefficient (Wildman–Crippen LogP) is 1.04. The van der Waals surface area contributed by atoms with Gasteiger partial charge < -0.3 is 15.4 Å². The second kappa shape index (κ2) is 5.27. The highest BCUT2D eigenvalue weighted by molar-refractivity contribution is 5.85. The van der Waals surface area contributed by atoms with Gasteiger partial charge in [0.15, 0.2) is 5.54 Å². The molecule has 0 aromatic carbocycles. The van der Waals surface area contributed by atoms with Crippen LogP contribution in [-0.4, -0.2) is 44.0 Å². The average molecular weight is 233 g/mol. The monoisotopic (exact) mass is 233 g/mol. The summed E-state index contributed by atoms with van der Waals surface area (Å²) in [5.41, 5.74) is -1.79. The van der Waals surface area contributed by atoms with Crippen molar-refractivity contribution >= 4 is 11.9 Å². The first kappa shape index (κ1) is 14.9. The van der Waals surface area contributed by atoms with E-state index in [2.05, 4.69) is 0 Å². The van der Waals surface area contributed by atoms with Gasteiger partial charge in [0.05, 0.1) is 6.42 Å². The van der Waals surface area contributed by atoms with Crippen molar-refractivity contribution in [3.05, 3.63) is 0 Å². The van der Waals surface area contributed by atoms with Gasteiger partial charge in [0.1, 0.15) is 0 Å². The summed E-state index contributed by atoms with van der Waals surface area (Å²) in [6.07, 6.45) is -0.644. The lowest BCUT2D eigenvalue weighted by molar-refractivity contribution is -0.225. The molecule has 94 valence electrons. The molecular weight excluding hydrogens is 214 g/mol. The van der Waals surface area contributed by atoms with Crippen molar-refractivity contribution in [1.82, 2.24) is 5.06 Å². The minimum absolute atomic E-state index is 0.474. The normalized spacial score (nSPS) is 15.5. The first-order valence-electron chi connectivity index (χ1n) is 5.09. The van der Waals surface area contributed by atoms with Crippen LogP contribution >= 0.6 is 0 Å². The van der Waals surface area contributed by atoms with E-state index in [9.17, 15) is 19.9 Å². The van der Waals surface area contributed by atoms with Crippen LogP contribution in [0.5, 0.6) is 0 Å². The number of hydrogen-bond donors (Lipinski definition) is 3. The van der Waals surface area contributed by atoms with Gasteiger partial charge in [0.25, 0.3) is 0 Å². The molecule has 0 unspecified atom stereocenters. The number of nitrogens with zero attached hydrogens (tertiary/aromatic N) is 1. The van der Waals surface area contributed by atoms with Crippen LogP contribution in [0.25, 0.3) is 0 Å². The Labute approximate surface area is 94.4 Å². The van der Waals surface area contributed by atoms with Crippen molar-refractivity contribution in [3.8, 4) is 0 Å². The Morgan fingerprint density at radius 2 is 1.62 bits per heavy atom. The fourth-order valence-corrected chi connectivity index (χ4v) is 1.66. The van der Waals surface area contributed by atoms with Crippen LogP contribution in [0.4, 0.5) is 0 Å². The first-order valence-corrected chi connectivity index (χ1v) is 5.09. The molecule has 0 aliphatic rings. The molecule has 0 radical (unpaired) electrons. The van der Waals surface area contributed by atoms with Crippen LogP contribution in [0.2, 0.25) is 0 Å². The lowest BCUT2D eigenvalue weighted by Crippen LogP contribution is -2.60. The number of hydroxylamine groups is 2. The van der Waals surface area contributed by atoms with Crippen molar-refractivity contribution in [2.75, 3.05) is 0 Å². The molecule has 0 saturated carbocycles. The van der Waals surface area contributed by atoms with E-state index in [4.69, 9.17) is 5.11 Å². The van der Waals surface area contributed by atoms with Crippen LogP contribution in [0, 0.1) is 5.92 Å². The van der Waals surface area contributed by atoms with E-state index in [0.29, 0.717) is 5.06 Å². The Morgan fingerprint density at radius 1 is 1.19 bits per heavy atom. The van der Waals surface area contributed by atoms with Gasteiger partial charge in [-0.25, -0.2) is 0 Å². The number of rotatable bonds is 6. The quantitative estimate of drug-likeness (QED) is 0.593. The fraction of sp³-hybridized carbons (Fsp3) is 0.800. The zero-order valence-corrected chi connectivity index (χ0v) is 9.97. The second-order valence-corrected chi connectivity index (χ2v) is 4.39. The van der Waals surface area contributed by atoms with Crippen molar-refractivity contribution in [3.63, 3.8) is 0 Å². The third-order valence-corrected chi connectivity index (χ3v) is 2.64. The molecule has 16 heavy (non-hydrogen) atoms. The lowest BCUT2D eigenvalue weighted by atomic mass is 9.82. The zero-order valence-electron chi connectivity index (χ0n) is 9.97. The molecule has 3 N–H and O–H groups in total. The molecule has 6 heteroatoms. The highest BCUT2D eigenvalue weighted by Gasteiger charge is 2.49. The summed E-state index contributed by atoms with van der Waals surface area (Å²) < 4.78 is 0. The Bertz CT molecular complexity index is 276.